The van der Waals surface area contributed by atoms with Crippen LogP contribution < -0.4 is 15.0 Å². The molecule has 0 radical (unpaired) electrons. The van der Waals surface area contributed by atoms with Gasteiger partial charge in [0.25, 0.3) is 0 Å². The van der Waals surface area contributed by atoms with Crippen molar-refractivity contribution in [3.63, 3.8) is 0 Å². The van der Waals surface area contributed by atoms with Crippen LogP contribution in [0.25, 0.3) is 0 Å². The summed E-state index contributed by atoms with van der Waals surface area (Å²) in [6.45, 7) is 4.33. The predicted molar refractivity (Wildman–Crippen MR) is 78.9 cm³/mol. The summed E-state index contributed by atoms with van der Waals surface area (Å²) in [7, 11) is 0. The summed E-state index contributed by atoms with van der Waals surface area (Å²) >= 11 is 0. The number of nitrogens with one attached hydrogen (secondary N) is 1. The van der Waals surface area contributed by atoms with Gasteiger partial charge in [-0.15, -0.1) is 0 Å². The van der Waals surface area contributed by atoms with E-state index >= 15 is 0 Å². The highest BCUT2D eigenvalue weighted by Gasteiger charge is 2.12. The highest BCUT2D eigenvalue weighted by Crippen LogP contribution is 2.23. The molecule has 0 bridgehead atoms. The number of hydrogen-bond donors (Lipinski definition) is 1. The molecule has 0 spiro atoms. The van der Waals surface area contributed by atoms with Crippen LogP contribution in [-0.4, -0.2) is 32.3 Å². The fraction of sp³-hybridized carbons (Fsp3) is 0.500. The zero-order chi connectivity index (χ0) is 12.9. The number of piperazine rings is 1. The zero-order valence-corrected chi connectivity index (χ0v) is 11.3. The van der Waals surface area contributed by atoms with Crippen molar-refractivity contribution in [1.82, 2.24) is 5.32 Å². The molecule has 3 rings (SSSR count). The number of hydrogen-bond acceptors (Lipinski definition) is 3. The van der Waals surface area contributed by atoms with Crippen molar-refractivity contribution in [3.05, 3.63) is 36.4 Å². The highest BCUT2D eigenvalue weighted by atomic mass is 16.5. The maximum atomic E-state index is 5.98. The van der Waals surface area contributed by atoms with E-state index in [2.05, 4.69) is 46.6 Å². The first-order valence-corrected chi connectivity index (χ1v) is 7.31. The van der Waals surface area contributed by atoms with Crippen molar-refractivity contribution in [2.24, 2.45) is 0 Å². The van der Waals surface area contributed by atoms with E-state index in [1.54, 1.807) is 0 Å². The van der Waals surface area contributed by atoms with Crippen LogP contribution in [0.15, 0.2) is 36.4 Å². The Hall–Kier alpha value is -1.48. The summed E-state index contributed by atoms with van der Waals surface area (Å²) < 4.78 is 5.98. The molecule has 3 heteroatoms. The maximum absolute atomic E-state index is 5.98. The van der Waals surface area contributed by atoms with E-state index in [0.29, 0.717) is 0 Å². The lowest BCUT2D eigenvalue weighted by Gasteiger charge is -2.29. The van der Waals surface area contributed by atoms with E-state index < -0.39 is 0 Å². The van der Waals surface area contributed by atoms with Gasteiger partial charge in [-0.1, -0.05) is 6.08 Å². The molecule has 1 aromatic carbocycles. The van der Waals surface area contributed by atoms with Gasteiger partial charge in [0.05, 0.1) is 0 Å². The van der Waals surface area contributed by atoms with Crippen molar-refractivity contribution in [3.8, 4) is 5.75 Å². The second kappa shape index (κ2) is 6.11. The lowest BCUT2D eigenvalue weighted by Crippen LogP contribution is -2.43. The molecule has 1 N–H and O–H groups in total. The Balaban J connectivity index is 1.61. The third-order valence-corrected chi connectivity index (χ3v) is 3.82. The van der Waals surface area contributed by atoms with Gasteiger partial charge >= 0.3 is 0 Å². The SMILES string of the molecule is C1=CC(Oc2ccc(N3CCNCC3)cc2)CCC1. The van der Waals surface area contributed by atoms with Crippen LogP contribution in [0, 0.1) is 0 Å². The molecule has 0 amide bonds. The molecule has 1 aromatic rings. The van der Waals surface area contributed by atoms with Gasteiger partial charge in [-0.2, -0.15) is 0 Å². The van der Waals surface area contributed by atoms with E-state index in [0.717, 1.165) is 38.3 Å². The van der Waals surface area contributed by atoms with Gasteiger partial charge in [0.2, 0.25) is 0 Å². The average molecular weight is 258 g/mol. The fourth-order valence-electron chi connectivity index (χ4n) is 2.71. The Morgan fingerprint density at radius 3 is 2.58 bits per heavy atom. The van der Waals surface area contributed by atoms with Gasteiger partial charge in [0, 0.05) is 31.9 Å². The largest absolute Gasteiger partial charge is 0.486 e. The number of anilines is 1. The van der Waals surface area contributed by atoms with Crippen LogP contribution in [0.5, 0.6) is 5.75 Å². The van der Waals surface area contributed by atoms with E-state index in [9.17, 15) is 0 Å². The molecule has 1 unspecified atom stereocenters. The van der Waals surface area contributed by atoms with Gasteiger partial charge in [0.1, 0.15) is 11.9 Å². The molecule has 2 aliphatic rings. The quantitative estimate of drug-likeness (QED) is 0.843. The first-order valence-electron chi connectivity index (χ1n) is 7.31. The van der Waals surface area contributed by atoms with Crippen molar-refractivity contribution >= 4 is 5.69 Å². The Bertz CT molecular complexity index is 421. The van der Waals surface area contributed by atoms with Gasteiger partial charge in [-0.05, 0) is 49.6 Å². The van der Waals surface area contributed by atoms with Gasteiger partial charge in [-0.3, -0.25) is 0 Å². The monoisotopic (exact) mass is 258 g/mol. The molecule has 1 aliphatic heterocycles. The average Bonchev–Trinajstić information content (AvgIpc) is 2.50. The molecule has 1 atom stereocenters. The normalized spacial score (nSPS) is 23.4. The van der Waals surface area contributed by atoms with E-state index in [-0.39, 0.29) is 6.10 Å². The highest BCUT2D eigenvalue weighted by molar-refractivity contribution is 5.49. The third-order valence-electron chi connectivity index (χ3n) is 3.82. The minimum atomic E-state index is 0.263. The molecule has 1 saturated heterocycles. The fourth-order valence-corrected chi connectivity index (χ4v) is 2.71. The Morgan fingerprint density at radius 2 is 1.89 bits per heavy atom. The second-order valence-corrected chi connectivity index (χ2v) is 5.25. The summed E-state index contributed by atoms with van der Waals surface area (Å²) in [5, 5.41) is 3.38. The molecule has 3 nitrogen and oxygen atoms in total. The van der Waals surface area contributed by atoms with Crippen LogP contribution in [0.2, 0.25) is 0 Å². The zero-order valence-electron chi connectivity index (χ0n) is 11.3. The van der Waals surface area contributed by atoms with Crippen LogP contribution in [0.1, 0.15) is 19.3 Å². The number of nitrogens with zero attached hydrogens (tertiary/aromatic N) is 1. The van der Waals surface area contributed by atoms with Crippen molar-refractivity contribution in [2.45, 2.75) is 25.4 Å². The first-order chi connectivity index (χ1) is 9.42. The number of allylic oxidation sites excluding steroid dienone is 1. The lowest BCUT2D eigenvalue weighted by molar-refractivity contribution is 0.230. The van der Waals surface area contributed by atoms with E-state index in [4.69, 9.17) is 4.74 Å². The molecule has 19 heavy (non-hydrogen) atoms. The number of rotatable bonds is 3. The van der Waals surface area contributed by atoms with Crippen molar-refractivity contribution in [2.75, 3.05) is 31.1 Å². The molecular weight excluding hydrogens is 236 g/mol. The summed E-state index contributed by atoms with van der Waals surface area (Å²) in [5.41, 5.74) is 1.30. The second-order valence-electron chi connectivity index (χ2n) is 5.25. The summed E-state index contributed by atoms with van der Waals surface area (Å²) in [4.78, 5) is 2.42. The summed E-state index contributed by atoms with van der Waals surface area (Å²) in [5.74, 6) is 0.982. The molecule has 0 saturated carbocycles. The van der Waals surface area contributed by atoms with Crippen LogP contribution in [0.4, 0.5) is 5.69 Å². The molecule has 0 aromatic heterocycles. The Labute approximate surface area is 115 Å². The molecule has 1 aliphatic carbocycles. The van der Waals surface area contributed by atoms with Crippen molar-refractivity contribution < 1.29 is 4.74 Å². The minimum Gasteiger partial charge on any atom is -0.486 e. The van der Waals surface area contributed by atoms with Gasteiger partial charge < -0.3 is 15.0 Å². The predicted octanol–water partition coefficient (Wildman–Crippen LogP) is 2.58. The third kappa shape index (κ3) is 3.29. The molecule has 1 heterocycles. The minimum absolute atomic E-state index is 0.263. The number of benzene rings is 1. The van der Waals surface area contributed by atoms with Crippen LogP contribution >= 0.6 is 0 Å². The molecule has 1 fully saturated rings. The molecule has 102 valence electrons. The van der Waals surface area contributed by atoms with E-state index in [1.165, 1.54) is 18.5 Å². The number of ether oxygens (including phenoxy) is 1. The summed E-state index contributed by atoms with van der Waals surface area (Å²) in [6.07, 6.45) is 8.24. The van der Waals surface area contributed by atoms with Gasteiger partial charge in [0.15, 0.2) is 0 Å². The van der Waals surface area contributed by atoms with Crippen LogP contribution in [0.3, 0.4) is 0 Å². The van der Waals surface area contributed by atoms with Gasteiger partial charge in [-0.25, -0.2) is 0 Å². The Kier molecular flexibility index (Phi) is 4.04. The van der Waals surface area contributed by atoms with Crippen molar-refractivity contribution in [1.29, 1.82) is 0 Å². The summed E-state index contributed by atoms with van der Waals surface area (Å²) in [6, 6.07) is 8.54. The topological polar surface area (TPSA) is 24.5 Å². The first kappa shape index (κ1) is 12.5. The lowest BCUT2D eigenvalue weighted by atomic mass is 10.1. The maximum Gasteiger partial charge on any atom is 0.120 e. The van der Waals surface area contributed by atoms with E-state index in [1.807, 2.05) is 0 Å². The smallest absolute Gasteiger partial charge is 0.120 e. The Morgan fingerprint density at radius 1 is 1.11 bits per heavy atom. The molecular formula is C16H22N2O. The standard InChI is InChI=1S/C16H22N2O/c1-2-4-15(5-3-1)19-16-8-6-14(7-9-16)18-12-10-17-11-13-18/h2,4,6-9,15,17H,1,3,5,10-13H2. The van der Waals surface area contributed by atoms with Crippen LogP contribution in [-0.2, 0) is 0 Å².